The van der Waals surface area contributed by atoms with Crippen LogP contribution < -0.4 is 5.32 Å². The molecule has 0 bridgehead atoms. The Morgan fingerprint density at radius 3 is 2.72 bits per heavy atom. The molecule has 0 unspecified atom stereocenters. The fraction of sp³-hybridized carbons (Fsp3) is 0.300. The largest absolute Gasteiger partial charge is 0.342 e. The second-order valence-corrected chi connectivity index (χ2v) is 9.30. The summed E-state index contributed by atoms with van der Waals surface area (Å²) in [6.07, 6.45) is 2.14. The van der Waals surface area contributed by atoms with Gasteiger partial charge in [0.1, 0.15) is 5.01 Å². The van der Waals surface area contributed by atoms with Gasteiger partial charge in [0.05, 0.1) is 6.42 Å². The number of benzene rings is 1. The van der Waals surface area contributed by atoms with E-state index in [-0.39, 0.29) is 17.7 Å². The molecule has 1 N–H and O–H groups in total. The zero-order chi connectivity index (χ0) is 20.2. The third-order valence-corrected chi connectivity index (χ3v) is 7.02. The van der Waals surface area contributed by atoms with E-state index in [9.17, 15) is 9.59 Å². The Balaban J connectivity index is 1.32. The third kappa shape index (κ3) is 5.01. The summed E-state index contributed by atoms with van der Waals surface area (Å²) in [4.78, 5) is 27.9. The molecule has 1 aliphatic rings. The summed E-state index contributed by atoms with van der Waals surface area (Å²) in [5.74, 6) is 0.107. The molecule has 0 saturated carbocycles. The van der Waals surface area contributed by atoms with Crippen molar-refractivity contribution in [3.05, 3.63) is 61.7 Å². The number of halogens is 1. The number of rotatable bonds is 5. The lowest BCUT2D eigenvalue weighted by molar-refractivity contribution is -0.131. The van der Waals surface area contributed by atoms with Crippen LogP contribution in [0.15, 0.2) is 41.8 Å². The molecule has 1 fully saturated rings. The number of nitrogens with zero attached hydrogens (tertiary/aromatic N) is 3. The van der Waals surface area contributed by atoms with Gasteiger partial charge in [-0.2, -0.15) is 0 Å². The van der Waals surface area contributed by atoms with Crippen molar-refractivity contribution in [2.75, 3.05) is 18.4 Å². The topological polar surface area (TPSA) is 75.2 Å². The third-order valence-electron chi connectivity index (χ3n) is 4.82. The van der Waals surface area contributed by atoms with E-state index >= 15 is 0 Å². The lowest BCUT2D eigenvalue weighted by Gasteiger charge is -2.30. The first kappa shape index (κ1) is 20.0. The van der Waals surface area contributed by atoms with Gasteiger partial charge in [-0.15, -0.1) is 21.5 Å². The molecule has 3 heterocycles. The van der Waals surface area contributed by atoms with E-state index in [0.29, 0.717) is 35.2 Å². The predicted octanol–water partition coefficient (Wildman–Crippen LogP) is 4.45. The van der Waals surface area contributed by atoms with Crippen molar-refractivity contribution in [2.45, 2.75) is 25.2 Å². The van der Waals surface area contributed by atoms with E-state index in [4.69, 9.17) is 11.6 Å². The van der Waals surface area contributed by atoms with Gasteiger partial charge in [-0.3, -0.25) is 9.59 Å². The molecule has 2 amide bonds. The van der Waals surface area contributed by atoms with E-state index in [2.05, 4.69) is 15.5 Å². The van der Waals surface area contributed by atoms with Gasteiger partial charge in [0.15, 0.2) is 0 Å². The van der Waals surface area contributed by atoms with Gasteiger partial charge >= 0.3 is 0 Å². The number of thiophene rings is 1. The van der Waals surface area contributed by atoms with Gasteiger partial charge in [-0.25, -0.2) is 0 Å². The molecule has 9 heteroatoms. The number of anilines is 1. The zero-order valence-electron chi connectivity index (χ0n) is 15.5. The highest BCUT2D eigenvalue weighted by molar-refractivity contribution is 7.13. The van der Waals surface area contributed by atoms with Crippen LogP contribution in [0.5, 0.6) is 0 Å². The molecular formula is C20H19ClN4O2S2. The van der Waals surface area contributed by atoms with Crippen LogP contribution in [0.4, 0.5) is 5.69 Å². The Kier molecular flexibility index (Phi) is 6.22. The maximum absolute atomic E-state index is 12.4. The summed E-state index contributed by atoms with van der Waals surface area (Å²) in [5, 5.41) is 14.8. The predicted molar refractivity (Wildman–Crippen MR) is 116 cm³/mol. The highest BCUT2D eigenvalue weighted by atomic mass is 35.5. The average molecular weight is 447 g/mol. The molecular weight excluding hydrogens is 428 g/mol. The Morgan fingerprint density at radius 1 is 1.17 bits per heavy atom. The van der Waals surface area contributed by atoms with Crippen LogP contribution in [0.2, 0.25) is 5.02 Å². The van der Waals surface area contributed by atoms with Gasteiger partial charge < -0.3 is 10.2 Å². The van der Waals surface area contributed by atoms with Crippen molar-refractivity contribution in [2.24, 2.45) is 0 Å². The number of amides is 2. The van der Waals surface area contributed by atoms with Gasteiger partial charge in [0, 0.05) is 34.6 Å². The minimum atomic E-state index is -0.292. The maximum Gasteiger partial charge on any atom is 0.286 e. The lowest BCUT2D eigenvalue weighted by Crippen LogP contribution is -2.38. The summed E-state index contributed by atoms with van der Waals surface area (Å²) in [5.41, 5.74) is 0.622. The zero-order valence-corrected chi connectivity index (χ0v) is 17.9. The van der Waals surface area contributed by atoms with Gasteiger partial charge in [-0.05, 0) is 42.5 Å². The van der Waals surface area contributed by atoms with Crippen molar-refractivity contribution >= 4 is 51.8 Å². The fourth-order valence-corrected chi connectivity index (χ4v) is 5.09. The van der Waals surface area contributed by atoms with Gasteiger partial charge in [0.25, 0.3) is 5.91 Å². The number of nitrogens with one attached hydrogen (secondary N) is 1. The van der Waals surface area contributed by atoms with Crippen LogP contribution >= 0.6 is 34.3 Å². The van der Waals surface area contributed by atoms with Crippen molar-refractivity contribution in [3.8, 4) is 0 Å². The van der Waals surface area contributed by atoms with E-state index in [1.54, 1.807) is 35.6 Å². The second-order valence-electron chi connectivity index (χ2n) is 6.82. The number of carbonyl (C=O) groups is 2. The lowest BCUT2D eigenvalue weighted by atomic mass is 9.97. The molecule has 1 aliphatic heterocycles. The van der Waals surface area contributed by atoms with E-state index < -0.39 is 0 Å². The Morgan fingerprint density at radius 2 is 2.00 bits per heavy atom. The molecule has 0 spiro atoms. The fourth-order valence-electron chi connectivity index (χ4n) is 3.29. The van der Waals surface area contributed by atoms with Crippen molar-refractivity contribution in [3.63, 3.8) is 0 Å². The van der Waals surface area contributed by atoms with Crippen molar-refractivity contribution in [1.29, 1.82) is 0 Å². The summed E-state index contributed by atoms with van der Waals surface area (Å²) in [6.45, 7) is 1.41. The quantitative estimate of drug-likeness (QED) is 0.628. The molecule has 150 valence electrons. The highest BCUT2D eigenvalue weighted by Gasteiger charge is 2.27. The van der Waals surface area contributed by atoms with Crippen molar-refractivity contribution in [1.82, 2.24) is 15.1 Å². The summed E-state index contributed by atoms with van der Waals surface area (Å²) < 4.78 is 0. The minimum absolute atomic E-state index is 0.171. The SMILES string of the molecule is O=C(Nc1cccc(Cl)c1)c1nnc(C2CCN(C(=O)Cc3cccs3)CC2)s1. The van der Waals surface area contributed by atoms with Crippen LogP contribution in [-0.2, 0) is 11.2 Å². The number of piperidine rings is 1. The molecule has 0 atom stereocenters. The highest BCUT2D eigenvalue weighted by Crippen LogP contribution is 2.31. The maximum atomic E-state index is 12.4. The molecule has 1 aromatic carbocycles. The molecule has 4 rings (SSSR count). The molecule has 1 saturated heterocycles. The second kappa shape index (κ2) is 9.02. The molecule has 0 aliphatic carbocycles. The molecule has 29 heavy (non-hydrogen) atoms. The number of likely N-dealkylation sites (tertiary alicyclic amines) is 1. The van der Waals surface area contributed by atoms with Crippen molar-refractivity contribution < 1.29 is 9.59 Å². The van der Waals surface area contributed by atoms with Gasteiger partial charge in [-0.1, -0.05) is 35.1 Å². The Labute approximate surface area is 181 Å². The average Bonchev–Trinajstić information content (AvgIpc) is 3.40. The number of carbonyl (C=O) groups excluding carboxylic acids is 2. The first-order chi connectivity index (χ1) is 14.1. The summed E-state index contributed by atoms with van der Waals surface area (Å²) >= 11 is 8.87. The standard InChI is InChI=1S/C20H19ClN4O2S2/c21-14-3-1-4-15(11-14)22-18(27)20-24-23-19(29-20)13-6-8-25(9-7-13)17(26)12-16-5-2-10-28-16/h1-5,10-11,13H,6-9,12H2,(H,22,27). The number of hydrogen-bond donors (Lipinski definition) is 1. The van der Waals surface area contributed by atoms with Crippen LogP contribution in [0.3, 0.4) is 0 Å². The van der Waals surface area contributed by atoms with E-state index in [1.807, 2.05) is 22.4 Å². The monoisotopic (exact) mass is 446 g/mol. The number of hydrogen-bond acceptors (Lipinski definition) is 6. The Bertz CT molecular complexity index is 998. The van der Waals surface area contributed by atoms with E-state index in [0.717, 1.165) is 22.7 Å². The summed E-state index contributed by atoms with van der Waals surface area (Å²) in [7, 11) is 0. The Hall–Kier alpha value is -2.29. The normalized spacial score (nSPS) is 14.7. The first-order valence-electron chi connectivity index (χ1n) is 9.29. The molecule has 6 nitrogen and oxygen atoms in total. The van der Waals surface area contributed by atoms with Crippen LogP contribution in [0, 0.1) is 0 Å². The number of aromatic nitrogens is 2. The van der Waals surface area contributed by atoms with E-state index in [1.165, 1.54) is 11.3 Å². The molecule has 2 aromatic heterocycles. The van der Waals surface area contributed by atoms with Gasteiger partial charge in [0.2, 0.25) is 10.9 Å². The molecule has 3 aromatic rings. The smallest absolute Gasteiger partial charge is 0.286 e. The molecule has 0 radical (unpaired) electrons. The van der Waals surface area contributed by atoms with Crippen LogP contribution in [-0.4, -0.2) is 40.0 Å². The minimum Gasteiger partial charge on any atom is -0.342 e. The van der Waals surface area contributed by atoms with Crippen LogP contribution in [0.25, 0.3) is 0 Å². The summed E-state index contributed by atoms with van der Waals surface area (Å²) in [6, 6.07) is 10.9. The van der Waals surface area contributed by atoms with Crippen LogP contribution in [0.1, 0.15) is 38.4 Å². The first-order valence-corrected chi connectivity index (χ1v) is 11.4.